The van der Waals surface area contributed by atoms with Crippen LogP contribution in [0.2, 0.25) is 0 Å². The number of aromatic nitrogens is 1. The van der Waals surface area contributed by atoms with Crippen molar-refractivity contribution in [2.24, 2.45) is 0 Å². The van der Waals surface area contributed by atoms with E-state index in [2.05, 4.69) is 56.5 Å². The summed E-state index contributed by atoms with van der Waals surface area (Å²) in [6.07, 6.45) is 2.73. The Hall–Kier alpha value is -1.28. The highest BCUT2D eigenvalue weighted by molar-refractivity contribution is 5.82. The number of fused-ring (bicyclic) bond motifs is 1. The predicted octanol–water partition coefficient (Wildman–Crippen LogP) is 4.60. The lowest BCUT2D eigenvalue weighted by Crippen LogP contribution is -2.32. The molecule has 3 rings (SSSR count). The number of hydrogen-bond acceptors (Lipinski definition) is 1. The first-order valence-electron chi connectivity index (χ1n) is 7.55. The highest BCUT2D eigenvalue weighted by atomic mass is 16.5. The molecule has 0 amide bonds. The van der Waals surface area contributed by atoms with E-state index in [1.165, 1.54) is 22.2 Å². The summed E-state index contributed by atoms with van der Waals surface area (Å²) in [6.45, 7) is 9.05. The summed E-state index contributed by atoms with van der Waals surface area (Å²) in [5.41, 5.74) is 4.36. The molecule has 1 fully saturated rings. The van der Waals surface area contributed by atoms with E-state index in [-0.39, 0.29) is 5.41 Å². The molecule has 1 aromatic carbocycles. The molecular formula is C18H25NO. The molecule has 20 heavy (non-hydrogen) atoms. The van der Waals surface area contributed by atoms with Crippen molar-refractivity contribution in [3.63, 3.8) is 0 Å². The first-order chi connectivity index (χ1) is 9.40. The second-order valence-electron chi connectivity index (χ2n) is 7.16. The molecule has 0 N–H and O–H groups in total. The van der Waals surface area contributed by atoms with Gasteiger partial charge in [-0.1, -0.05) is 32.9 Å². The third-order valence-corrected chi connectivity index (χ3v) is 4.67. The van der Waals surface area contributed by atoms with Gasteiger partial charge >= 0.3 is 0 Å². The molecule has 0 unspecified atom stereocenters. The van der Waals surface area contributed by atoms with Crippen molar-refractivity contribution in [1.29, 1.82) is 0 Å². The molecule has 108 valence electrons. The number of benzene rings is 1. The van der Waals surface area contributed by atoms with E-state index >= 15 is 0 Å². The molecule has 1 aromatic heterocycles. The topological polar surface area (TPSA) is 14.2 Å². The van der Waals surface area contributed by atoms with Gasteiger partial charge in [-0.15, -0.1) is 0 Å². The Kier molecular flexibility index (Phi) is 3.17. The van der Waals surface area contributed by atoms with Crippen molar-refractivity contribution >= 4 is 10.9 Å². The zero-order valence-electron chi connectivity index (χ0n) is 13.2. The molecule has 1 heterocycles. The van der Waals surface area contributed by atoms with Crippen molar-refractivity contribution < 1.29 is 4.74 Å². The maximum absolute atomic E-state index is 5.43. The molecule has 0 saturated heterocycles. The fourth-order valence-electron chi connectivity index (χ4n) is 3.25. The molecule has 0 aliphatic heterocycles. The Morgan fingerprint density at radius 1 is 1.15 bits per heavy atom. The number of rotatable bonds is 2. The van der Waals surface area contributed by atoms with E-state index < -0.39 is 0 Å². The van der Waals surface area contributed by atoms with Crippen molar-refractivity contribution in [3.8, 4) is 0 Å². The predicted molar refractivity (Wildman–Crippen MR) is 84.4 cm³/mol. The van der Waals surface area contributed by atoms with Gasteiger partial charge in [-0.05, 0) is 48.3 Å². The number of aryl methyl sites for hydroxylation is 1. The van der Waals surface area contributed by atoms with E-state index in [9.17, 15) is 0 Å². The maximum Gasteiger partial charge on any atom is 0.0610 e. The van der Waals surface area contributed by atoms with Crippen LogP contribution in [0.25, 0.3) is 10.9 Å². The quantitative estimate of drug-likeness (QED) is 0.778. The number of ether oxygens (including phenoxy) is 1. The Morgan fingerprint density at radius 2 is 1.85 bits per heavy atom. The summed E-state index contributed by atoms with van der Waals surface area (Å²) in [4.78, 5) is 0. The molecule has 2 aromatic rings. The maximum atomic E-state index is 5.43. The van der Waals surface area contributed by atoms with Crippen LogP contribution in [0.4, 0.5) is 0 Å². The minimum absolute atomic E-state index is 0.200. The zero-order chi connectivity index (χ0) is 14.5. The van der Waals surface area contributed by atoms with Gasteiger partial charge in [0.1, 0.15) is 0 Å². The van der Waals surface area contributed by atoms with Gasteiger partial charge in [-0.25, -0.2) is 0 Å². The van der Waals surface area contributed by atoms with E-state index in [0.29, 0.717) is 12.1 Å². The van der Waals surface area contributed by atoms with E-state index in [0.717, 1.165) is 12.8 Å². The fraction of sp³-hybridized carbons (Fsp3) is 0.556. The number of hydrogen-bond donors (Lipinski definition) is 0. The summed E-state index contributed by atoms with van der Waals surface area (Å²) in [5.74, 6) is 0. The molecule has 1 aliphatic carbocycles. The molecule has 1 saturated carbocycles. The summed E-state index contributed by atoms with van der Waals surface area (Å²) in [6, 6.07) is 9.83. The second kappa shape index (κ2) is 4.63. The zero-order valence-corrected chi connectivity index (χ0v) is 13.2. The Bertz CT molecular complexity index is 627. The van der Waals surface area contributed by atoms with Gasteiger partial charge in [0.2, 0.25) is 0 Å². The van der Waals surface area contributed by atoms with Gasteiger partial charge in [-0.3, -0.25) is 0 Å². The average Bonchev–Trinajstić information content (AvgIpc) is 2.63. The second-order valence-corrected chi connectivity index (χ2v) is 7.16. The SMILES string of the molecule is COC1CC(n2c(C)cc3ccc(C(C)(C)C)cc32)C1. The van der Waals surface area contributed by atoms with Gasteiger partial charge in [0.15, 0.2) is 0 Å². The smallest absolute Gasteiger partial charge is 0.0610 e. The van der Waals surface area contributed by atoms with Crippen LogP contribution >= 0.6 is 0 Å². The van der Waals surface area contributed by atoms with Gasteiger partial charge < -0.3 is 9.30 Å². The molecule has 0 radical (unpaired) electrons. The molecule has 2 nitrogen and oxygen atoms in total. The molecule has 0 spiro atoms. The molecule has 1 aliphatic rings. The summed E-state index contributed by atoms with van der Waals surface area (Å²) < 4.78 is 7.94. The van der Waals surface area contributed by atoms with Gasteiger partial charge in [-0.2, -0.15) is 0 Å². The van der Waals surface area contributed by atoms with Crippen LogP contribution in [0, 0.1) is 6.92 Å². The minimum atomic E-state index is 0.200. The van der Waals surface area contributed by atoms with E-state index in [1.54, 1.807) is 0 Å². The van der Waals surface area contributed by atoms with Crippen LogP contribution < -0.4 is 0 Å². The van der Waals surface area contributed by atoms with Crippen LogP contribution in [-0.2, 0) is 10.2 Å². The van der Waals surface area contributed by atoms with E-state index in [1.807, 2.05) is 7.11 Å². The van der Waals surface area contributed by atoms with Crippen molar-refractivity contribution in [1.82, 2.24) is 4.57 Å². The van der Waals surface area contributed by atoms with Crippen molar-refractivity contribution in [3.05, 3.63) is 35.5 Å². The first-order valence-corrected chi connectivity index (χ1v) is 7.55. The van der Waals surface area contributed by atoms with Gasteiger partial charge in [0.05, 0.1) is 6.10 Å². The van der Waals surface area contributed by atoms with Crippen LogP contribution in [0.15, 0.2) is 24.3 Å². The standard InChI is InChI=1S/C18H25NO/c1-12-8-13-6-7-14(18(2,3)4)9-17(13)19(12)15-10-16(11-15)20-5/h6-9,15-16H,10-11H2,1-5H3. The van der Waals surface area contributed by atoms with Crippen molar-refractivity contribution in [2.45, 2.75) is 58.1 Å². The first kappa shape index (κ1) is 13.7. The summed E-state index contributed by atoms with van der Waals surface area (Å²) in [7, 11) is 1.82. The van der Waals surface area contributed by atoms with E-state index in [4.69, 9.17) is 4.74 Å². The van der Waals surface area contributed by atoms with Crippen molar-refractivity contribution in [2.75, 3.05) is 7.11 Å². The highest BCUT2D eigenvalue weighted by Crippen LogP contribution is 2.39. The molecule has 2 heteroatoms. The lowest BCUT2D eigenvalue weighted by Gasteiger charge is -2.36. The van der Waals surface area contributed by atoms with Crippen LogP contribution in [-0.4, -0.2) is 17.8 Å². The summed E-state index contributed by atoms with van der Waals surface area (Å²) in [5, 5.41) is 1.36. The number of methoxy groups -OCH3 is 1. The van der Waals surface area contributed by atoms with Gasteiger partial charge in [0.25, 0.3) is 0 Å². The highest BCUT2D eigenvalue weighted by Gasteiger charge is 2.32. The van der Waals surface area contributed by atoms with Crippen LogP contribution in [0.3, 0.4) is 0 Å². The monoisotopic (exact) mass is 271 g/mol. The molecular weight excluding hydrogens is 246 g/mol. The average molecular weight is 271 g/mol. The summed E-state index contributed by atoms with van der Waals surface area (Å²) >= 11 is 0. The Balaban J connectivity index is 2.05. The Labute approximate surface area is 121 Å². The van der Waals surface area contributed by atoms with Crippen LogP contribution in [0.5, 0.6) is 0 Å². The molecule has 0 bridgehead atoms. The third kappa shape index (κ3) is 2.16. The lowest BCUT2D eigenvalue weighted by molar-refractivity contribution is 0.00701. The largest absolute Gasteiger partial charge is 0.381 e. The Morgan fingerprint density at radius 3 is 2.45 bits per heavy atom. The normalized spacial score (nSPS) is 23.1. The number of nitrogens with zero attached hydrogens (tertiary/aromatic N) is 1. The lowest BCUT2D eigenvalue weighted by atomic mass is 9.86. The van der Waals surface area contributed by atoms with Gasteiger partial charge in [0, 0.05) is 24.4 Å². The third-order valence-electron chi connectivity index (χ3n) is 4.67. The van der Waals surface area contributed by atoms with Crippen LogP contribution in [0.1, 0.15) is 50.9 Å². The molecule has 0 atom stereocenters. The fourth-order valence-corrected chi connectivity index (χ4v) is 3.25. The minimum Gasteiger partial charge on any atom is -0.381 e.